The Kier molecular flexibility index (Phi) is 4.18. The zero-order valence-corrected chi connectivity index (χ0v) is 12.8. The molecule has 104 valence electrons. The Morgan fingerprint density at radius 1 is 1.00 bits per heavy atom. The summed E-state index contributed by atoms with van der Waals surface area (Å²) in [5.74, 6) is 0. The normalized spacial score (nSPS) is 16.3. The zero-order chi connectivity index (χ0) is 14.7. The summed E-state index contributed by atoms with van der Waals surface area (Å²) in [6.07, 6.45) is 2.86. The van der Waals surface area contributed by atoms with Gasteiger partial charge in [0.1, 0.15) is 4.99 Å². The Morgan fingerprint density at radius 3 is 2.29 bits per heavy atom. The van der Waals surface area contributed by atoms with Crippen LogP contribution in [-0.2, 0) is 6.42 Å². The molecule has 1 heterocycles. The van der Waals surface area contributed by atoms with Gasteiger partial charge in [-0.15, -0.1) is 0 Å². The van der Waals surface area contributed by atoms with Crippen molar-refractivity contribution in [1.82, 2.24) is 5.32 Å². The van der Waals surface area contributed by atoms with Gasteiger partial charge in [0.25, 0.3) is 5.24 Å². The van der Waals surface area contributed by atoms with Crippen LogP contribution < -0.4 is 5.32 Å². The quantitative estimate of drug-likeness (QED) is 0.673. The standard InChI is InChI=1S/C17H13NOS2/c19-17-18-16(20)15(21-17)11-14-8-6-13(7-9-14)10-12-4-2-1-3-5-12/h1-9,11H,10H2,(H,18,19,20). The number of benzene rings is 2. The molecule has 2 aromatic rings. The van der Waals surface area contributed by atoms with E-state index in [0.717, 1.165) is 28.7 Å². The summed E-state index contributed by atoms with van der Waals surface area (Å²) in [7, 11) is 0. The second-order valence-corrected chi connectivity index (χ2v) is 6.18. The van der Waals surface area contributed by atoms with Gasteiger partial charge in [0.15, 0.2) is 0 Å². The summed E-state index contributed by atoms with van der Waals surface area (Å²) in [4.78, 5) is 12.6. The first kappa shape index (κ1) is 14.0. The van der Waals surface area contributed by atoms with Crippen molar-refractivity contribution in [2.24, 2.45) is 0 Å². The lowest BCUT2D eigenvalue weighted by Crippen LogP contribution is -2.15. The van der Waals surface area contributed by atoms with Crippen molar-refractivity contribution in [2.45, 2.75) is 6.42 Å². The van der Waals surface area contributed by atoms with Crippen LogP contribution in [0.5, 0.6) is 0 Å². The van der Waals surface area contributed by atoms with Crippen LogP contribution in [0.2, 0.25) is 0 Å². The molecule has 0 unspecified atom stereocenters. The Balaban J connectivity index is 1.74. The summed E-state index contributed by atoms with van der Waals surface area (Å²) < 4.78 is 0. The molecule has 1 amide bonds. The molecule has 1 aliphatic rings. The van der Waals surface area contributed by atoms with E-state index in [4.69, 9.17) is 12.2 Å². The molecule has 0 aromatic heterocycles. The van der Waals surface area contributed by atoms with E-state index in [0.29, 0.717) is 4.99 Å². The number of carbonyl (C=O) groups excluding carboxylic acids is 1. The maximum atomic E-state index is 11.2. The van der Waals surface area contributed by atoms with Crippen LogP contribution in [0.3, 0.4) is 0 Å². The van der Waals surface area contributed by atoms with Crippen LogP contribution in [0, 0.1) is 0 Å². The molecular formula is C17H13NOS2. The minimum atomic E-state index is -0.105. The number of carbonyl (C=O) groups is 1. The van der Waals surface area contributed by atoms with E-state index in [9.17, 15) is 4.79 Å². The molecule has 1 fully saturated rings. The predicted octanol–water partition coefficient (Wildman–Crippen LogP) is 4.40. The molecule has 0 bridgehead atoms. The first-order chi connectivity index (χ1) is 10.2. The van der Waals surface area contributed by atoms with Gasteiger partial charge in [-0.1, -0.05) is 66.8 Å². The lowest BCUT2D eigenvalue weighted by Gasteiger charge is -2.03. The Morgan fingerprint density at radius 2 is 1.67 bits per heavy atom. The van der Waals surface area contributed by atoms with E-state index >= 15 is 0 Å². The second kappa shape index (κ2) is 6.24. The van der Waals surface area contributed by atoms with Gasteiger partial charge >= 0.3 is 0 Å². The maximum Gasteiger partial charge on any atom is 0.289 e. The summed E-state index contributed by atoms with van der Waals surface area (Å²) in [5, 5.41) is 2.51. The molecule has 0 radical (unpaired) electrons. The first-order valence-electron chi connectivity index (χ1n) is 6.58. The van der Waals surface area contributed by atoms with Gasteiger partial charge in [-0.25, -0.2) is 0 Å². The number of amides is 1. The van der Waals surface area contributed by atoms with E-state index in [-0.39, 0.29) is 5.24 Å². The van der Waals surface area contributed by atoms with Gasteiger partial charge in [0.05, 0.1) is 4.91 Å². The van der Waals surface area contributed by atoms with Crippen molar-refractivity contribution >= 4 is 40.3 Å². The average molecular weight is 311 g/mol. The van der Waals surface area contributed by atoms with Crippen molar-refractivity contribution < 1.29 is 4.79 Å². The van der Waals surface area contributed by atoms with Crippen LogP contribution in [-0.4, -0.2) is 10.2 Å². The summed E-state index contributed by atoms with van der Waals surface area (Å²) in [6, 6.07) is 18.7. The highest BCUT2D eigenvalue weighted by Gasteiger charge is 2.21. The zero-order valence-electron chi connectivity index (χ0n) is 11.2. The van der Waals surface area contributed by atoms with E-state index in [1.54, 1.807) is 0 Å². The smallest absolute Gasteiger partial charge is 0.289 e. The van der Waals surface area contributed by atoms with Crippen LogP contribution >= 0.6 is 24.0 Å². The first-order valence-corrected chi connectivity index (χ1v) is 7.81. The van der Waals surface area contributed by atoms with E-state index in [1.807, 2.05) is 12.1 Å². The van der Waals surface area contributed by atoms with E-state index < -0.39 is 0 Å². The van der Waals surface area contributed by atoms with E-state index in [1.165, 1.54) is 11.1 Å². The van der Waals surface area contributed by atoms with Gasteiger partial charge < -0.3 is 5.32 Å². The van der Waals surface area contributed by atoms with Gasteiger partial charge in [0, 0.05) is 0 Å². The molecule has 0 spiro atoms. The maximum absolute atomic E-state index is 11.2. The molecular weight excluding hydrogens is 298 g/mol. The molecule has 1 aliphatic heterocycles. The van der Waals surface area contributed by atoms with Gasteiger partial charge in [-0.05, 0) is 40.9 Å². The number of hydrogen-bond acceptors (Lipinski definition) is 3. The van der Waals surface area contributed by atoms with Crippen LogP contribution in [0.25, 0.3) is 6.08 Å². The van der Waals surface area contributed by atoms with Gasteiger partial charge in [-0.2, -0.15) is 0 Å². The fourth-order valence-corrected chi connectivity index (χ4v) is 3.17. The third-order valence-electron chi connectivity index (χ3n) is 3.17. The van der Waals surface area contributed by atoms with E-state index in [2.05, 4.69) is 53.8 Å². The summed E-state index contributed by atoms with van der Waals surface area (Å²) >= 11 is 6.25. The van der Waals surface area contributed by atoms with Crippen molar-refractivity contribution in [3.8, 4) is 0 Å². The van der Waals surface area contributed by atoms with Crippen molar-refractivity contribution in [3.05, 3.63) is 76.2 Å². The number of nitrogens with one attached hydrogen (secondary N) is 1. The number of thioether (sulfide) groups is 1. The molecule has 2 aromatic carbocycles. The van der Waals surface area contributed by atoms with Gasteiger partial charge in [-0.3, -0.25) is 4.79 Å². The number of thiocarbonyl (C=S) groups is 1. The van der Waals surface area contributed by atoms with Crippen molar-refractivity contribution in [1.29, 1.82) is 0 Å². The lowest BCUT2D eigenvalue weighted by molar-refractivity contribution is 0.265. The minimum absolute atomic E-state index is 0.105. The second-order valence-electron chi connectivity index (χ2n) is 4.76. The SMILES string of the molecule is O=C1NC(=S)C(=Cc2ccc(Cc3ccccc3)cc2)S1. The molecule has 0 aliphatic carbocycles. The van der Waals surface area contributed by atoms with Crippen molar-refractivity contribution in [3.63, 3.8) is 0 Å². The highest BCUT2D eigenvalue weighted by atomic mass is 32.2. The van der Waals surface area contributed by atoms with Gasteiger partial charge in [0.2, 0.25) is 0 Å². The molecule has 0 atom stereocenters. The lowest BCUT2D eigenvalue weighted by atomic mass is 10.0. The Bertz CT molecular complexity index is 705. The molecule has 1 N–H and O–H groups in total. The molecule has 1 saturated heterocycles. The van der Waals surface area contributed by atoms with Crippen LogP contribution in [0.1, 0.15) is 16.7 Å². The predicted molar refractivity (Wildman–Crippen MR) is 92.4 cm³/mol. The summed E-state index contributed by atoms with van der Waals surface area (Å²) in [6.45, 7) is 0. The topological polar surface area (TPSA) is 29.1 Å². The molecule has 4 heteroatoms. The fourth-order valence-electron chi connectivity index (χ4n) is 2.14. The van der Waals surface area contributed by atoms with Crippen LogP contribution in [0.15, 0.2) is 59.5 Å². The molecule has 3 rings (SSSR count). The molecule has 0 saturated carbocycles. The third-order valence-corrected chi connectivity index (χ3v) is 4.45. The largest absolute Gasteiger partial charge is 0.307 e. The average Bonchev–Trinajstić information content (AvgIpc) is 2.80. The Hall–Kier alpha value is -1.91. The van der Waals surface area contributed by atoms with Crippen LogP contribution in [0.4, 0.5) is 4.79 Å². The Labute approximate surface area is 133 Å². The number of hydrogen-bond donors (Lipinski definition) is 1. The number of rotatable bonds is 3. The molecule has 21 heavy (non-hydrogen) atoms. The summed E-state index contributed by atoms with van der Waals surface area (Å²) in [5.41, 5.74) is 3.61. The highest BCUT2D eigenvalue weighted by molar-refractivity contribution is 8.19. The third kappa shape index (κ3) is 3.60. The highest BCUT2D eigenvalue weighted by Crippen LogP contribution is 2.26. The van der Waals surface area contributed by atoms with Crippen molar-refractivity contribution in [2.75, 3.05) is 0 Å². The minimum Gasteiger partial charge on any atom is -0.307 e. The molecule has 2 nitrogen and oxygen atoms in total. The monoisotopic (exact) mass is 311 g/mol. The fraction of sp³-hybridized carbons (Fsp3) is 0.0588.